The molecule has 0 fully saturated rings. The fourth-order valence-corrected chi connectivity index (χ4v) is 4.21. The van der Waals surface area contributed by atoms with Crippen molar-refractivity contribution in [3.8, 4) is 11.3 Å². The van der Waals surface area contributed by atoms with Crippen LogP contribution in [0.2, 0.25) is 0 Å². The van der Waals surface area contributed by atoms with Crippen molar-refractivity contribution < 1.29 is 4.79 Å². The summed E-state index contributed by atoms with van der Waals surface area (Å²) in [7, 11) is 0. The minimum atomic E-state index is -0.262. The van der Waals surface area contributed by atoms with Gasteiger partial charge in [-0.2, -0.15) is 5.10 Å². The van der Waals surface area contributed by atoms with Gasteiger partial charge in [0.15, 0.2) is 5.13 Å². The van der Waals surface area contributed by atoms with Crippen molar-refractivity contribution in [2.24, 2.45) is 0 Å². The van der Waals surface area contributed by atoms with Crippen LogP contribution in [0.3, 0.4) is 0 Å². The van der Waals surface area contributed by atoms with Crippen molar-refractivity contribution in [1.29, 1.82) is 0 Å². The molecule has 2 aromatic carbocycles. The number of fused-ring (bicyclic) bond motifs is 1. The van der Waals surface area contributed by atoms with Crippen LogP contribution < -0.4 is 10.9 Å². The van der Waals surface area contributed by atoms with E-state index in [1.54, 1.807) is 30.5 Å². The van der Waals surface area contributed by atoms with Crippen LogP contribution in [0.1, 0.15) is 27.2 Å². The number of hydrogen-bond donors (Lipinski definition) is 2. The minimum absolute atomic E-state index is 0.222. The predicted octanol–water partition coefficient (Wildman–Crippen LogP) is 4.59. The Morgan fingerprint density at radius 3 is 2.64 bits per heavy atom. The van der Waals surface area contributed by atoms with Crippen molar-refractivity contribution in [3.05, 3.63) is 105 Å². The Kier molecular flexibility index (Phi) is 5.50. The number of carbonyl (C=O) groups excluding carboxylic acids is 1. The Hall–Kier alpha value is -4.17. The van der Waals surface area contributed by atoms with Crippen LogP contribution in [0.4, 0.5) is 5.13 Å². The number of rotatable bonds is 5. The molecular weight excluding hydrogens is 434 g/mol. The van der Waals surface area contributed by atoms with Gasteiger partial charge in [0.05, 0.1) is 22.3 Å². The zero-order chi connectivity index (χ0) is 22.8. The van der Waals surface area contributed by atoms with Gasteiger partial charge in [0.25, 0.3) is 11.5 Å². The van der Waals surface area contributed by atoms with Gasteiger partial charge in [-0.05, 0) is 36.8 Å². The molecule has 162 valence electrons. The summed E-state index contributed by atoms with van der Waals surface area (Å²) in [5, 5.41) is 12.5. The van der Waals surface area contributed by atoms with Crippen molar-refractivity contribution in [1.82, 2.24) is 20.2 Å². The van der Waals surface area contributed by atoms with Crippen LogP contribution in [0, 0.1) is 6.92 Å². The quantitative estimate of drug-likeness (QED) is 0.405. The topological polar surface area (TPSA) is 101 Å². The number of nitrogens with one attached hydrogen (secondary N) is 2. The molecule has 0 aliphatic carbocycles. The molecule has 0 unspecified atom stereocenters. The van der Waals surface area contributed by atoms with E-state index in [1.807, 2.05) is 48.7 Å². The Labute approximate surface area is 193 Å². The molecule has 0 spiro atoms. The third-order valence-electron chi connectivity index (χ3n) is 5.28. The molecule has 0 radical (unpaired) electrons. The lowest BCUT2D eigenvalue weighted by molar-refractivity contribution is 0.102. The molecule has 0 bridgehead atoms. The highest BCUT2D eigenvalue weighted by atomic mass is 32.1. The van der Waals surface area contributed by atoms with Gasteiger partial charge in [-0.3, -0.25) is 19.9 Å². The van der Waals surface area contributed by atoms with Gasteiger partial charge < -0.3 is 0 Å². The van der Waals surface area contributed by atoms with E-state index in [1.165, 1.54) is 16.9 Å². The first-order valence-electron chi connectivity index (χ1n) is 10.3. The summed E-state index contributed by atoms with van der Waals surface area (Å²) in [6.07, 6.45) is 2.13. The second-order valence-corrected chi connectivity index (χ2v) is 8.49. The van der Waals surface area contributed by atoms with Gasteiger partial charge in [0.2, 0.25) is 0 Å². The van der Waals surface area contributed by atoms with Gasteiger partial charge in [0.1, 0.15) is 0 Å². The van der Waals surface area contributed by atoms with Crippen molar-refractivity contribution in [2.45, 2.75) is 13.3 Å². The number of nitrogens with zero attached hydrogens (tertiary/aromatic N) is 3. The fraction of sp³-hybridized carbons (Fsp3) is 0.0800. The maximum atomic E-state index is 12.7. The zero-order valence-electron chi connectivity index (χ0n) is 17.7. The van der Waals surface area contributed by atoms with Crippen LogP contribution >= 0.6 is 11.3 Å². The van der Waals surface area contributed by atoms with Crippen molar-refractivity contribution in [2.75, 3.05) is 5.32 Å². The van der Waals surface area contributed by atoms with Crippen LogP contribution in [-0.4, -0.2) is 26.1 Å². The largest absolute Gasteiger partial charge is 0.298 e. The lowest BCUT2D eigenvalue weighted by Crippen LogP contribution is -2.13. The first kappa shape index (κ1) is 20.7. The number of anilines is 1. The number of aromatic nitrogens is 4. The first-order valence-corrected chi connectivity index (χ1v) is 11.2. The number of aromatic amines is 1. The second kappa shape index (κ2) is 8.76. The van der Waals surface area contributed by atoms with E-state index < -0.39 is 0 Å². The molecule has 0 aliphatic heterocycles. The van der Waals surface area contributed by atoms with Gasteiger partial charge in [-0.15, -0.1) is 11.3 Å². The van der Waals surface area contributed by atoms with E-state index in [9.17, 15) is 9.59 Å². The number of benzene rings is 2. The molecule has 0 saturated heterocycles. The molecule has 33 heavy (non-hydrogen) atoms. The van der Waals surface area contributed by atoms with E-state index in [0.29, 0.717) is 33.7 Å². The molecule has 5 rings (SSSR count). The summed E-state index contributed by atoms with van der Waals surface area (Å²) in [5.74, 6) is -0.222. The van der Waals surface area contributed by atoms with Crippen LogP contribution in [0.25, 0.3) is 22.2 Å². The highest BCUT2D eigenvalue weighted by molar-refractivity contribution is 7.14. The monoisotopic (exact) mass is 453 g/mol. The van der Waals surface area contributed by atoms with E-state index >= 15 is 0 Å². The van der Waals surface area contributed by atoms with Gasteiger partial charge in [-0.25, -0.2) is 10.1 Å². The number of aryl methyl sites for hydroxylation is 1. The lowest BCUT2D eigenvalue weighted by atomic mass is 10.1. The normalized spacial score (nSPS) is 10.9. The van der Waals surface area contributed by atoms with Crippen molar-refractivity contribution >= 4 is 33.3 Å². The number of carbonyl (C=O) groups is 1. The van der Waals surface area contributed by atoms with Crippen LogP contribution in [0.15, 0.2) is 77.0 Å². The Bertz CT molecular complexity index is 1500. The molecule has 0 saturated carbocycles. The summed E-state index contributed by atoms with van der Waals surface area (Å²) in [6, 6.07) is 18.8. The van der Waals surface area contributed by atoms with Crippen LogP contribution in [0.5, 0.6) is 0 Å². The Morgan fingerprint density at radius 1 is 1.06 bits per heavy atom. The Balaban J connectivity index is 1.29. The average Bonchev–Trinajstić information content (AvgIpc) is 3.30. The highest BCUT2D eigenvalue weighted by Crippen LogP contribution is 2.25. The SMILES string of the molecule is Cc1ccc(-c2csc(NC(=O)c3ccc(Cc4n[nH]c(=O)c5cccnc45)cc3)n2)cc1. The fourth-order valence-electron chi connectivity index (χ4n) is 3.50. The molecule has 3 heterocycles. The number of amides is 1. The van der Waals surface area contributed by atoms with E-state index in [2.05, 4.69) is 25.5 Å². The third kappa shape index (κ3) is 4.42. The van der Waals surface area contributed by atoms with E-state index in [-0.39, 0.29) is 11.5 Å². The molecular formula is C25H19N5O2S. The molecule has 2 N–H and O–H groups in total. The summed E-state index contributed by atoms with van der Waals surface area (Å²) in [4.78, 5) is 33.5. The molecule has 1 amide bonds. The number of thiazole rings is 1. The maximum absolute atomic E-state index is 12.7. The smallest absolute Gasteiger partial charge is 0.273 e. The summed E-state index contributed by atoms with van der Waals surface area (Å²) < 4.78 is 0. The standard InChI is InChI=1S/C25H19N5O2S/c1-15-4-8-17(9-5-15)21-14-33-25(27-21)28-23(31)18-10-6-16(7-11-18)13-20-22-19(3-2-12-26-22)24(32)30-29-20/h2-12,14H,13H2,1H3,(H,30,32)(H,27,28,31). The summed E-state index contributed by atoms with van der Waals surface area (Å²) in [6.45, 7) is 2.04. The van der Waals surface area contributed by atoms with Crippen molar-refractivity contribution in [3.63, 3.8) is 0 Å². The molecule has 7 nitrogen and oxygen atoms in total. The molecule has 0 atom stereocenters. The number of H-pyrrole nitrogens is 1. The van der Waals surface area contributed by atoms with Crippen LogP contribution in [-0.2, 0) is 6.42 Å². The second-order valence-electron chi connectivity index (χ2n) is 7.63. The third-order valence-corrected chi connectivity index (χ3v) is 6.04. The molecule has 5 aromatic rings. The Morgan fingerprint density at radius 2 is 1.85 bits per heavy atom. The van der Waals surface area contributed by atoms with Gasteiger partial charge in [-0.1, -0.05) is 42.0 Å². The number of pyridine rings is 1. The minimum Gasteiger partial charge on any atom is -0.298 e. The van der Waals surface area contributed by atoms with Gasteiger partial charge >= 0.3 is 0 Å². The summed E-state index contributed by atoms with van der Waals surface area (Å²) in [5.41, 5.74) is 5.51. The predicted molar refractivity (Wildman–Crippen MR) is 130 cm³/mol. The average molecular weight is 454 g/mol. The lowest BCUT2D eigenvalue weighted by Gasteiger charge is -2.06. The van der Waals surface area contributed by atoms with E-state index in [4.69, 9.17) is 0 Å². The molecule has 8 heteroatoms. The van der Waals surface area contributed by atoms with E-state index in [0.717, 1.165) is 16.8 Å². The molecule has 3 aromatic heterocycles. The van der Waals surface area contributed by atoms with Gasteiger partial charge in [0, 0.05) is 29.1 Å². The maximum Gasteiger partial charge on any atom is 0.273 e. The highest BCUT2D eigenvalue weighted by Gasteiger charge is 2.12. The zero-order valence-corrected chi connectivity index (χ0v) is 18.5. The number of hydrogen-bond acceptors (Lipinski definition) is 6. The first-order chi connectivity index (χ1) is 16.1. The molecule has 0 aliphatic rings. The summed E-state index contributed by atoms with van der Waals surface area (Å²) >= 11 is 1.39.